The van der Waals surface area contributed by atoms with Gasteiger partial charge in [0.25, 0.3) is 0 Å². The maximum atomic E-state index is 9.77. The standard InChI is InChI=1S/C24H17N7O/c1-13-3-2-4-14(7-13)17-11-26-12-20-21(17)29-24(28-20)23-22-19(30-31-23)6-5-18(27-22)15-8-16(32)10-25-9-15/h2-12,32H,1H3,(H,28,29)(H,30,31). The summed E-state index contributed by atoms with van der Waals surface area (Å²) in [4.78, 5) is 21.4. The number of fused-ring (bicyclic) bond motifs is 2. The minimum absolute atomic E-state index is 0.0882. The highest BCUT2D eigenvalue weighted by atomic mass is 16.3. The molecule has 0 bridgehead atoms. The van der Waals surface area contributed by atoms with Crippen LogP contribution in [0.2, 0.25) is 0 Å². The van der Waals surface area contributed by atoms with Crippen LogP contribution >= 0.6 is 0 Å². The lowest BCUT2D eigenvalue weighted by molar-refractivity contribution is 0.473. The van der Waals surface area contributed by atoms with Crippen LogP contribution in [0.3, 0.4) is 0 Å². The van der Waals surface area contributed by atoms with Crippen LogP contribution in [0.1, 0.15) is 5.56 Å². The van der Waals surface area contributed by atoms with Crippen molar-refractivity contribution in [2.24, 2.45) is 0 Å². The van der Waals surface area contributed by atoms with Gasteiger partial charge in [0.1, 0.15) is 11.3 Å². The largest absolute Gasteiger partial charge is 0.506 e. The Morgan fingerprint density at radius 2 is 1.72 bits per heavy atom. The van der Waals surface area contributed by atoms with Crippen molar-refractivity contribution >= 4 is 22.1 Å². The van der Waals surface area contributed by atoms with E-state index in [4.69, 9.17) is 9.97 Å². The monoisotopic (exact) mass is 419 g/mol. The molecule has 3 N–H and O–H groups in total. The van der Waals surface area contributed by atoms with Gasteiger partial charge in [0.05, 0.1) is 34.6 Å². The van der Waals surface area contributed by atoms with Crippen LogP contribution in [0.15, 0.2) is 67.3 Å². The van der Waals surface area contributed by atoms with Crippen molar-refractivity contribution in [1.82, 2.24) is 35.1 Å². The molecule has 1 aromatic carbocycles. The van der Waals surface area contributed by atoms with E-state index in [2.05, 4.69) is 50.3 Å². The molecule has 5 aromatic heterocycles. The van der Waals surface area contributed by atoms with E-state index in [1.54, 1.807) is 18.5 Å². The Morgan fingerprint density at radius 1 is 0.812 bits per heavy atom. The third-order valence-electron chi connectivity index (χ3n) is 5.37. The summed E-state index contributed by atoms with van der Waals surface area (Å²) in [7, 11) is 0. The van der Waals surface area contributed by atoms with E-state index in [-0.39, 0.29) is 5.75 Å². The third-order valence-corrected chi connectivity index (χ3v) is 5.37. The van der Waals surface area contributed by atoms with Gasteiger partial charge in [-0.25, -0.2) is 9.97 Å². The lowest BCUT2D eigenvalue weighted by atomic mass is 10.0. The highest BCUT2D eigenvalue weighted by Crippen LogP contribution is 2.31. The van der Waals surface area contributed by atoms with Gasteiger partial charge in [0.15, 0.2) is 11.5 Å². The van der Waals surface area contributed by atoms with E-state index in [9.17, 15) is 5.11 Å². The minimum Gasteiger partial charge on any atom is -0.506 e. The molecular weight excluding hydrogens is 402 g/mol. The number of benzene rings is 1. The molecule has 0 spiro atoms. The van der Waals surface area contributed by atoms with Crippen LogP contribution < -0.4 is 0 Å². The summed E-state index contributed by atoms with van der Waals surface area (Å²) in [6.45, 7) is 2.06. The number of nitrogens with zero attached hydrogens (tertiary/aromatic N) is 5. The summed E-state index contributed by atoms with van der Waals surface area (Å²) in [6, 6.07) is 13.7. The molecule has 0 aliphatic rings. The molecule has 8 nitrogen and oxygen atoms in total. The molecule has 0 fully saturated rings. The Kier molecular flexibility index (Phi) is 3.97. The second-order valence-electron chi connectivity index (χ2n) is 7.63. The molecule has 32 heavy (non-hydrogen) atoms. The summed E-state index contributed by atoms with van der Waals surface area (Å²) in [6.07, 6.45) is 6.64. The molecule has 6 aromatic rings. The fourth-order valence-electron chi connectivity index (χ4n) is 3.86. The van der Waals surface area contributed by atoms with Gasteiger partial charge in [-0.2, -0.15) is 5.10 Å². The summed E-state index contributed by atoms with van der Waals surface area (Å²) in [5.41, 5.74) is 8.31. The van der Waals surface area contributed by atoms with Gasteiger partial charge in [-0.1, -0.05) is 29.8 Å². The average molecular weight is 419 g/mol. The molecule has 0 aliphatic heterocycles. The Balaban J connectivity index is 1.51. The molecule has 0 radical (unpaired) electrons. The van der Waals surface area contributed by atoms with Gasteiger partial charge in [-0.15, -0.1) is 0 Å². The first-order valence-electron chi connectivity index (χ1n) is 10.1. The first kappa shape index (κ1) is 18.2. The van der Waals surface area contributed by atoms with Crippen LogP contribution in [-0.2, 0) is 0 Å². The van der Waals surface area contributed by atoms with Crippen LogP contribution in [-0.4, -0.2) is 40.2 Å². The quantitative estimate of drug-likeness (QED) is 0.385. The van der Waals surface area contributed by atoms with Gasteiger partial charge in [-0.3, -0.25) is 15.1 Å². The van der Waals surface area contributed by atoms with E-state index < -0.39 is 0 Å². The zero-order valence-corrected chi connectivity index (χ0v) is 17.0. The van der Waals surface area contributed by atoms with Crippen molar-refractivity contribution in [2.45, 2.75) is 6.92 Å². The molecule has 0 atom stereocenters. The predicted molar refractivity (Wildman–Crippen MR) is 122 cm³/mol. The summed E-state index contributed by atoms with van der Waals surface area (Å²) in [5, 5.41) is 17.3. The van der Waals surface area contributed by atoms with Crippen molar-refractivity contribution in [3.63, 3.8) is 0 Å². The lowest BCUT2D eigenvalue weighted by Crippen LogP contribution is -1.88. The number of aromatic hydroxyl groups is 1. The Labute approximate surface area is 182 Å². The fraction of sp³-hybridized carbons (Fsp3) is 0.0417. The van der Waals surface area contributed by atoms with Gasteiger partial charge < -0.3 is 10.1 Å². The molecular formula is C24H17N7O. The van der Waals surface area contributed by atoms with Gasteiger partial charge in [0, 0.05) is 23.5 Å². The average Bonchev–Trinajstić information content (AvgIpc) is 3.42. The predicted octanol–water partition coefficient (Wildman–Crippen LogP) is 4.64. The molecule has 6 rings (SSSR count). The second kappa shape index (κ2) is 6.98. The number of hydrogen-bond acceptors (Lipinski definition) is 6. The summed E-state index contributed by atoms with van der Waals surface area (Å²) < 4.78 is 0. The number of pyridine rings is 3. The molecule has 8 heteroatoms. The molecule has 0 unspecified atom stereocenters. The normalized spacial score (nSPS) is 11.4. The molecule has 0 aliphatic carbocycles. The van der Waals surface area contributed by atoms with Crippen LogP contribution in [0, 0.1) is 6.92 Å². The fourth-order valence-corrected chi connectivity index (χ4v) is 3.86. The summed E-state index contributed by atoms with van der Waals surface area (Å²) in [5.74, 6) is 0.692. The van der Waals surface area contributed by atoms with Crippen LogP contribution in [0.5, 0.6) is 5.75 Å². The van der Waals surface area contributed by atoms with Gasteiger partial charge in [0.2, 0.25) is 0 Å². The molecule has 0 saturated carbocycles. The number of aromatic amines is 2. The van der Waals surface area contributed by atoms with Crippen molar-refractivity contribution in [3.05, 3.63) is 72.8 Å². The van der Waals surface area contributed by atoms with Crippen LogP contribution in [0.4, 0.5) is 0 Å². The molecule has 0 amide bonds. The van der Waals surface area contributed by atoms with Crippen molar-refractivity contribution < 1.29 is 5.11 Å². The zero-order chi connectivity index (χ0) is 21.7. The Morgan fingerprint density at radius 3 is 2.59 bits per heavy atom. The summed E-state index contributed by atoms with van der Waals surface area (Å²) >= 11 is 0. The lowest BCUT2D eigenvalue weighted by Gasteiger charge is -2.03. The first-order chi connectivity index (χ1) is 15.7. The van der Waals surface area contributed by atoms with E-state index in [0.29, 0.717) is 22.7 Å². The maximum absolute atomic E-state index is 9.77. The number of H-pyrrole nitrogens is 2. The first-order valence-corrected chi connectivity index (χ1v) is 10.1. The molecule has 0 saturated heterocycles. The number of rotatable bonds is 3. The van der Waals surface area contributed by atoms with E-state index in [1.165, 1.54) is 11.8 Å². The topological polar surface area (TPSA) is 116 Å². The SMILES string of the molecule is Cc1cccc(-c2cncc3[nH]c(-c4n[nH]c5ccc(-c6cncc(O)c6)nc45)nc23)c1. The highest BCUT2D eigenvalue weighted by Gasteiger charge is 2.17. The Hall–Kier alpha value is -4.59. The van der Waals surface area contributed by atoms with Crippen molar-refractivity contribution in [3.8, 4) is 39.7 Å². The van der Waals surface area contributed by atoms with Gasteiger partial charge >= 0.3 is 0 Å². The minimum atomic E-state index is 0.0882. The zero-order valence-electron chi connectivity index (χ0n) is 17.0. The third kappa shape index (κ3) is 2.97. The smallest absolute Gasteiger partial charge is 0.161 e. The molecule has 154 valence electrons. The number of aromatic nitrogens is 7. The number of aryl methyl sites for hydroxylation is 1. The van der Waals surface area contributed by atoms with E-state index >= 15 is 0 Å². The Bertz CT molecular complexity index is 1620. The highest BCUT2D eigenvalue weighted by molar-refractivity contribution is 5.95. The number of nitrogens with one attached hydrogen (secondary N) is 2. The number of imidazole rings is 1. The van der Waals surface area contributed by atoms with E-state index in [0.717, 1.165) is 33.2 Å². The molecule has 5 heterocycles. The second-order valence-corrected chi connectivity index (χ2v) is 7.63. The van der Waals surface area contributed by atoms with E-state index in [1.807, 2.05) is 24.4 Å². The van der Waals surface area contributed by atoms with Crippen LogP contribution in [0.25, 0.3) is 56.0 Å². The van der Waals surface area contributed by atoms with Gasteiger partial charge in [-0.05, 0) is 30.7 Å². The van der Waals surface area contributed by atoms with Crippen molar-refractivity contribution in [1.29, 1.82) is 0 Å². The van der Waals surface area contributed by atoms with Crippen molar-refractivity contribution in [2.75, 3.05) is 0 Å². The maximum Gasteiger partial charge on any atom is 0.161 e. The number of hydrogen-bond donors (Lipinski definition) is 3.